The summed E-state index contributed by atoms with van der Waals surface area (Å²) in [5.74, 6) is -0.680. The number of likely N-dealkylation sites (tertiary alicyclic amines) is 2. The van der Waals surface area contributed by atoms with Crippen molar-refractivity contribution in [2.45, 2.75) is 32.2 Å². The van der Waals surface area contributed by atoms with Crippen LogP contribution in [0.4, 0.5) is 4.39 Å². The maximum Gasteiger partial charge on any atom is 0.254 e. The number of nitrogens with zero attached hydrogens (tertiary/aromatic N) is 2. The Labute approximate surface area is 145 Å². The normalized spacial score (nSPS) is 21.4. The van der Waals surface area contributed by atoms with E-state index in [1.54, 1.807) is 17.9 Å². The summed E-state index contributed by atoms with van der Waals surface area (Å²) in [4.78, 5) is 31.7. The highest BCUT2D eigenvalue weighted by Crippen LogP contribution is 2.25. The molecular formula is C19H22FN3O2. The van der Waals surface area contributed by atoms with Crippen LogP contribution in [0.5, 0.6) is 0 Å². The topological polar surface area (TPSA) is 56.4 Å². The molecule has 1 N–H and O–H groups in total. The Morgan fingerprint density at radius 2 is 1.96 bits per heavy atom. The van der Waals surface area contributed by atoms with E-state index in [-0.39, 0.29) is 11.4 Å². The molecule has 5 nitrogen and oxygen atoms in total. The van der Waals surface area contributed by atoms with Crippen molar-refractivity contribution in [2.24, 2.45) is 0 Å². The zero-order chi connectivity index (χ0) is 17.6. The van der Waals surface area contributed by atoms with Gasteiger partial charge in [0.1, 0.15) is 5.82 Å². The molecule has 25 heavy (non-hydrogen) atoms. The number of aryl methyl sites for hydroxylation is 1. The number of benzene rings is 1. The van der Waals surface area contributed by atoms with Crippen LogP contribution in [0.15, 0.2) is 23.0 Å². The minimum atomic E-state index is -0.502. The average molecular weight is 343 g/mol. The predicted octanol–water partition coefficient (Wildman–Crippen LogP) is 2.29. The number of halogens is 1. The maximum atomic E-state index is 14.2. The van der Waals surface area contributed by atoms with Crippen LogP contribution in [0.1, 0.15) is 35.2 Å². The lowest BCUT2D eigenvalue weighted by atomic mass is 10.0. The van der Waals surface area contributed by atoms with Gasteiger partial charge in [-0.05, 0) is 57.0 Å². The van der Waals surface area contributed by atoms with Crippen LogP contribution in [-0.2, 0) is 0 Å². The molecule has 0 aliphatic carbocycles. The highest BCUT2D eigenvalue weighted by atomic mass is 19.1. The number of carbonyl (C=O) groups is 1. The fourth-order valence-corrected chi connectivity index (χ4v) is 4.13. The smallest absolute Gasteiger partial charge is 0.254 e. The first-order valence-corrected chi connectivity index (χ1v) is 8.89. The Bertz CT molecular complexity index is 886. The quantitative estimate of drug-likeness (QED) is 0.910. The van der Waals surface area contributed by atoms with Gasteiger partial charge in [0, 0.05) is 30.6 Å². The lowest BCUT2D eigenvalue weighted by molar-refractivity contribution is 0.0782. The number of aromatic amines is 1. The van der Waals surface area contributed by atoms with Crippen molar-refractivity contribution < 1.29 is 9.18 Å². The van der Waals surface area contributed by atoms with Gasteiger partial charge in [0.15, 0.2) is 0 Å². The number of carbonyl (C=O) groups excluding carboxylic acids is 1. The van der Waals surface area contributed by atoms with Gasteiger partial charge in [0.05, 0.1) is 11.1 Å². The van der Waals surface area contributed by atoms with E-state index in [1.807, 2.05) is 0 Å². The average Bonchev–Trinajstić information content (AvgIpc) is 3.25. The van der Waals surface area contributed by atoms with Crippen molar-refractivity contribution >= 4 is 16.8 Å². The number of nitrogens with one attached hydrogen (secondary N) is 1. The molecule has 0 saturated carbocycles. The van der Waals surface area contributed by atoms with Gasteiger partial charge in [0.2, 0.25) is 5.56 Å². The number of rotatable bonds is 2. The zero-order valence-electron chi connectivity index (χ0n) is 14.3. The molecule has 2 fully saturated rings. The fourth-order valence-electron chi connectivity index (χ4n) is 4.13. The van der Waals surface area contributed by atoms with Crippen LogP contribution in [0, 0.1) is 12.7 Å². The molecule has 0 spiro atoms. The number of pyridine rings is 1. The second kappa shape index (κ2) is 6.26. The van der Waals surface area contributed by atoms with Crippen LogP contribution in [0.2, 0.25) is 0 Å². The predicted molar refractivity (Wildman–Crippen MR) is 94.4 cm³/mol. The Hall–Kier alpha value is -2.21. The maximum absolute atomic E-state index is 14.2. The van der Waals surface area contributed by atoms with Gasteiger partial charge in [-0.15, -0.1) is 0 Å². The monoisotopic (exact) mass is 343 g/mol. The first kappa shape index (κ1) is 16.3. The van der Waals surface area contributed by atoms with E-state index in [1.165, 1.54) is 25.0 Å². The SMILES string of the molecule is Cc1cc(F)c2[nH]c(=O)cc(C(=O)N3CC[C@@H](N4CCCC4)C3)c2c1. The highest BCUT2D eigenvalue weighted by Gasteiger charge is 2.32. The van der Waals surface area contributed by atoms with Crippen LogP contribution < -0.4 is 5.56 Å². The van der Waals surface area contributed by atoms with Crippen molar-refractivity contribution in [3.05, 3.63) is 45.5 Å². The molecule has 6 heteroatoms. The van der Waals surface area contributed by atoms with Gasteiger partial charge in [-0.1, -0.05) is 0 Å². The Kier molecular flexibility index (Phi) is 4.07. The molecule has 3 heterocycles. The second-order valence-electron chi connectivity index (χ2n) is 7.15. The lowest BCUT2D eigenvalue weighted by Gasteiger charge is -2.23. The third-order valence-corrected chi connectivity index (χ3v) is 5.39. The molecule has 1 aromatic carbocycles. The van der Waals surface area contributed by atoms with Crippen LogP contribution in [0.25, 0.3) is 10.9 Å². The van der Waals surface area contributed by atoms with Crippen molar-refractivity contribution in [3.8, 4) is 0 Å². The molecule has 1 amide bonds. The van der Waals surface area contributed by atoms with E-state index in [4.69, 9.17) is 0 Å². The van der Waals surface area contributed by atoms with Crippen LogP contribution >= 0.6 is 0 Å². The van der Waals surface area contributed by atoms with Crippen molar-refractivity contribution in [1.82, 2.24) is 14.8 Å². The summed E-state index contributed by atoms with van der Waals surface area (Å²) in [6.07, 6.45) is 3.41. The second-order valence-corrected chi connectivity index (χ2v) is 7.15. The third-order valence-electron chi connectivity index (χ3n) is 5.39. The van der Waals surface area contributed by atoms with E-state index in [0.29, 0.717) is 30.1 Å². The Morgan fingerprint density at radius 1 is 1.20 bits per heavy atom. The van der Waals surface area contributed by atoms with Gasteiger partial charge in [-0.2, -0.15) is 0 Å². The van der Waals surface area contributed by atoms with Gasteiger partial charge in [-0.25, -0.2) is 4.39 Å². The molecule has 1 aromatic heterocycles. The van der Waals surface area contributed by atoms with E-state index >= 15 is 0 Å². The zero-order valence-corrected chi connectivity index (χ0v) is 14.3. The molecule has 2 saturated heterocycles. The van der Waals surface area contributed by atoms with Gasteiger partial charge < -0.3 is 9.88 Å². The minimum Gasteiger partial charge on any atom is -0.337 e. The summed E-state index contributed by atoms with van der Waals surface area (Å²) in [5.41, 5.74) is 0.677. The van der Waals surface area contributed by atoms with Gasteiger partial charge >= 0.3 is 0 Å². The molecule has 132 valence electrons. The van der Waals surface area contributed by atoms with Crippen LogP contribution in [-0.4, -0.2) is 52.9 Å². The van der Waals surface area contributed by atoms with Crippen molar-refractivity contribution in [2.75, 3.05) is 26.2 Å². The lowest BCUT2D eigenvalue weighted by Crippen LogP contribution is -2.37. The first-order valence-electron chi connectivity index (χ1n) is 8.89. The van der Waals surface area contributed by atoms with Crippen molar-refractivity contribution in [1.29, 1.82) is 0 Å². The van der Waals surface area contributed by atoms with Gasteiger partial charge in [0.25, 0.3) is 5.91 Å². The summed E-state index contributed by atoms with van der Waals surface area (Å²) in [6.45, 7) is 5.35. The number of hydrogen-bond donors (Lipinski definition) is 1. The Balaban J connectivity index is 1.67. The molecular weight excluding hydrogens is 321 g/mol. The molecule has 2 aliphatic rings. The Morgan fingerprint density at radius 3 is 2.72 bits per heavy atom. The molecule has 0 radical (unpaired) electrons. The van der Waals surface area contributed by atoms with Gasteiger partial charge in [-0.3, -0.25) is 14.5 Å². The van der Waals surface area contributed by atoms with E-state index in [2.05, 4.69) is 9.88 Å². The van der Waals surface area contributed by atoms with Crippen LogP contribution in [0.3, 0.4) is 0 Å². The molecule has 2 aromatic rings. The number of fused-ring (bicyclic) bond motifs is 1. The molecule has 4 rings (SSSR count). The minimum absolute atomic E-state index is 0.108. The summed E-state index contributed by atoms with van der Waals surface area (Å²) >= 11 is 0. The summed E-state index contributed by atoms with van der Waals surface area (Å²) in [6, 6.07) is 4.83. The largest absolute Gasteiger partial charge is 0.337 e. The molecule has 0 unspecified atom stereocenters. The van der Waals surface area contributed by atoms with E-state index in [0.717, 1.165) is 25.1 Å². The first-order chi connectivity index (χ1) is 12.0. The highest BCUT2D eigenvalue weighted by molar-refractivity contribution is 6.06. The number of amides is 1. The molecule has 2 aliphatic heterocycles. The number of aromatic nitrogens is 1. The standard InChI is InChI=1S/C19H22FN3O2/c1-12-8-14-15(10-17(24)21-18(14)16(20)9-12)19(25)23-7-4-13(11-23)22-5-2-3-6-22/h8-10,13H,2-7,11H2,1H3,(H,21,24)/t13-/m1/s1. The fraction of sp³-hybridized carbons (Fsp3) is 0.474. The molecule has 1 atom stereocenters. The molecule has 0 bridgehead atoms. The third kappa shape index (κ3) is 2.95. The van der Waals surface area contributed by atoms with E-state index in [9.17, 15) is 14.0 Å². The van der Waals surface area contributed by atoms with Crippen molar-refractivity contribution in [3.63, 3.8) is 0 Å². The summed E-state index contributed by atoms with van der Waals surface area (Å²) < 4.78 is 14.2. The van der Waals surface area contributed by atoms with E-state index < -0.39 is 11.4 Å². The number of hydrogen-bond acceptors (Lipinski definition) is 3. The summed E-state index contributed by atoms with van der Waals surface area (Å²) in [5, 5.41) is 0.478. The number of H-pyrrole nitrogens is 1. The summed E-state index contributed by atoms with van der Waals surface area (Å²) in [7, 11) is 0.